The van der Waals surface area contributed by atoms with Crippen molar-refractivity contribution in [2.75, 3.05) is 0 Å². The first-order chi connectivity index (χ1) is 5.61. The molecule has 0 aliphatic rings. The SMILES string of the molecule is Cc1ccc[n+](C)c1CC(=O)O. The smallest absolute Gasteiger partial charge is 0.314 e. The molecule has 1 aromatic heterocycles. The average molecular weight is 166 g/mol. The van der Waals surface area contributed by atoms with Gasteiger partial charge >= 0.3 is 5.97 Å². The van der Waals surface area contributed by atoms with E-state index < -0.39 is 5.97 Å². The van der Waals surface area contributed by atoms with Crippen LogP contribution in [0.3, 0.4) is 0 Å². The Labute approximate surface area is 71.3 Å². The van der Waals surface area contributed by atoms with Gasteiger partial charge in [-0.2, -0.15) is 0 Å². The van der Waals surface area contributed by atoms with Gasteiger partial charge in [0.25, 0.3) is 0 Å². The number of aliphatic carboxylic acids is 1. The molecule has 1 aromatic rings. The van der Waals surface area contributed by atoms with E-state index in [-0.39, 0.29) is 6.42 Å². The number of aromatic nitrogens is 1. The van der Waals surface area contributed by atoms with Crippen molar-refractivity contribution >= 4 is 5.97 Å². The molecule has 3 nitrogen and oxygen atoms in total. The molecule has 0 saturated carbocycles. The summed E-state index contributed by atoms with van der Waals surface area (Å²) in [5.41, 5.74) is 1.87. The number of carboxylic acid groups (broad SMARTS) is 1. The molecule has 0 bridgehead atoms. The molecule has 1 N–H and O–H groups in total. The molecule has 0 aliphatic carbocycles. The van der Waals surface area contributed by atoms with Crippen LogP contribution in [0, 0.1) is 6.92 Å². The van der Waals surface area contributed by atoms with Gasteiger partial charge < -0.3 is 5.11 Å². The lowest BCUT2D eigenvalue weighted by Gasteiger charge is -1.99. The Morgan fingerprint density at radius 3 is 2.83 bits per heavy atom. The molecule has 0 spiro atoms. The molecule has 0 unspecified atom stereocenters. The summed E-state index contributed by atoms with van der Waals surface area (Å²) in [6.45, 7) is 1.91. The Balaban J connectivity index is 3.04. The van der Waals surface area contributed by atoms with Gasteiger partial charge in [0.15, 0.2) is 11.9 Å². The lowest BCUT2D eigenvalue weighted by atomic mass is 10.1. The molecule has 12 heavy (non-hydrogen) atoms. The minimum absolute atomic E-state index is 0.0865. The van der Waals surface area contributed by atoms with Crippen molar-refractivity contribution < 1.29 is 14.5 Å². The highest BCUT2D eigenvalue weighted by molar-refractivity contribution is 5.69. The normalized spacial score (nSPS) is 9.83. The Bertz CT molecular complexity index is 287. The second-order valence-electron chi connectivity index (χ2n) is 2.82. The van der Waals surface area contributed by atoms with E-state index in [1.807, 2.05) is 36.9 Å². The summed E-state index contributed by atoms with van der Waals surface area (Å²) in [5, 5.41) is 8.60. The van der Waals surface area contributed by atoms with Crippen LogP contribution in [0.5, 0.6) is 0 Å². The van der Waals surface area contributed by atoms with E-state index in [1.165, 1.54) is 0 Å². The van der Waals surface area contributed by atoms with Gasteiger partial charge in [0.05, 0.1) is 0 Å². The summed E-state index contributed by atoms with van der Waals surface area (Å²) < 4.78 is 1.84. The monoisotopic (exact) mass is 166 g/mol. The standard InChI is InChI=1S/C9H11NO2/c1-7-4-3-5-10(2)8(7)6-9(11)12/h3-5H,6H2,1-2H3/p+1. The zero-order valence-electron chi connectivity index (χ0n) is 7.24. The minimum Gasteiger partial charge on any atom is -0.481 e. The van der Waals surface area contributed by atoms with Crippen LogP contribution < -0.4 is 4.57 Å². The van der Waals surface area contributed by atoms with Gasteiger partial charge in [0, 0.05) is 11.6 Å². The molecular weight excluding hydrogens is 154 g/mol. The zero-order valence-corrected chi connectivity index (χ0v) is 7.24. The van der Waals surface area contributed by atoms with Crippen LogP contribution in [0.15, 0.2) is 18.3 Å². The lowest BCUT2D eigenvalue weighted by Crippen LogP contribution is -2.35. The van der Waals surface area contributed by atoms with Crippen molar-refractivity contribution in [3.63, 3.8) is 0 Å². The fourth-order valence-corrected chi connectivity index (χ4v) is 1.19. The Kier molecular flexibility index (Phi) is 2.43. The predicted molar refractivity (Wildman–Crippen MR) is 43.7 cm³/mol. The molecule has 0 aromatic carbocycles. The quantitative estimate of drug-likeness (QED) is 0.648. The summed E-state index contributed by atoms with van der Waals surface area (Å²) in [6, 6.07) is 3.82. The number of pyridine rings is 1. The van der Waals surface area contributed by atoms with Crippen molar-refractivity contribution in [1.82, 2.24) is 0 Å². The summed E-state index contributed by atoms with van der Waals surface area (Å²) in [6.07, 6.45) is 1.94. The highest BCUT2D eigenvalue weighted by Gasteiger charge is 2.12. The topological polar surface area (TPSA) is 41.2 Å². The second-order valence-corrected chi connectivity index (χ2v) is 2.82. The van der Waals surface area contributed by atoms with Crippen molar-refractivity contribution in [2.45, 2.75) is 13.3 Å². The summed E-state index contributed by atoms with van der Waals surface area (Å²) in [5.74, 6) is -0.792. The summed E-state index contributed by atoms with van der Waals surface area (Å²) in [4.78, 5) is 10.5. The van der Waals surface area contributed by atoms with Gasteiger partial charge in [-0.3, -0.25) is 4.79 Å². The van der Waals surface area contributed by atoms with Crippen molar-refractivity contribution in [3.05, 3.63) is 29.6 Å². The molecule has 1 rings (SSSR count). The molecule has 64 valence electrons. The van der Waals surface area contributed by atoms with Gasteiger partial charge in [-0.15, -0.1) is 0 Å². The van der Waals surface area contributed by atoms with Gasteiger partial charge in [-0.05, 0) is 13.0 Å². The van der Waals surface area contributed by atoms with E-state index >= 15 is 0 Å². The van der Waals surface area contributed by atoms with E-state index in [0.29, 0.717) is 0 Å². The minimum atomic E-state index is -0.792. The maximum atomic E-state index is 10.5. The van der Waals surface area contributed by atoms with E-state index in [1.54, 1.807) is 0 Å². The van der Waals surface area contributed by atoms with E-state index in [2.05, 4.69) is 0 Å². The van der Waals surface area contributed by atoms with Crippen LogP contribution in [0.1, 0.15) is 11.3 Å². The maximum Gasteiger partial charge on any atom is 0.314 e. The second kappa shape index (κ2) is 3.34. The third-order valence-electron chi connectivity index (χ3n) is 1.86. The highest BCUT2D eigenvalue weighted by Crippen LogP contribution is 2.01. The van der Waals surface area contributed by atoms with Crippen LogP contribution in [-0.2, 0) is 18.3 Å². The van der Waals surface area contributed by atoms with Gasteiger partial charge in [-0.1, -0.05) is 0 Å². The fraction of sp³-hybridized carbons (Fsp3) is 0.333. The van der Waals surface area contributed by atoms with E-state index in [0.717, 1.165) is 11.3 Å². The molecule has 0 aliphatic heterocycles. The van der Waals surface area contributed by atoms with Gasteiger partial charge in [0.2, 0.25) is 0 Å². The first-order valence-corrected chi connectivity index (χ1v) is 3.77. The van der Waals surface area contributed by atoms with Crippen LogP contribution in [-0.4, -0.2) is 11.1 Å². The molecule has 3 heteroatoms. The van der Waals surface area contributed by atoms with Crippen LogP contribution in [0.4, 0.5) is 0 Å². The van der Waals surface area contributed by atoms with Crippen LogP contribution in [0.2, 0.25) is 0 Å². The third kappa shape index (κ3) is 1.81. The molecule has 0 atom stereocenters. The highest BCUT2D eigenvalue weighted by atomic mass is 16.4. The molecule has 0 fully saturated rings. The zero-order chi connectivity index (χ0) is 9.14. The number of carboxylic acids is 1. The average Bonchev–Trinajstić information content (AvgIpc) is 1.97. The third-order valence-corrected chi connectivity index (χ3v) is 1.86. The molecule has 0 saturated heterocycles. The number of rotatable bonds is 2. The largest absolute Gasteiger partial charge is 0.481 e. The first kappa shape index (κ1) is 8.71. The number of aryl methyl sites for hydroxylation is 2. The van der Waals surface area contributed by atoms with Crippen molar-refractivity contribution in [1.29, 1.82) is 0 Å². The molecule has 0 radical (unpaired) electrons. The van der Waals surface area contributed by atoms with Gasteiger partial charge in [0.1, 0.15) is 13.5 Å². The van der Waals surface area contributed by atoms with Crippen LogP contribution >= 0.6 is 0 Å². The van der Waals surface area contributed by atoms with Crippen LogP contribution in [0.25, 0.3) is 0 Å². The number of hydrogen-bond donors (Lipinski definition) is 1. The van der Waals surface area contributed by atoms with E-state index in [4.69, 9.17) is 5.11 Å². The molecule has 1 heterocycles. The van der Waals surface area contributed by atoms with E-state index in [9.17, 15) is 4.79 Å². The summed E-state index contributed by atoms with van der Waals surface area (Å²) >= 11 is 0. The Morgan fingerprint density at radius 1 is 1.67 bits per heavy atom. The number of nitrogens with zero attached hydrogens (tertiary/aromatic N) is 1. The maximum absolute atomic E-state index is 10.5. The molecule has 0 amide bonds. The predicted octanol–water partition coefficient (Wildman–Crippen LogP) is 0.447. The molecular formula is C9H12NO2+. The first-order valence-electron chi connectivity index (χ1n) is 3.77. The number of hydrogen-bond acceptors (Lipinski definition) is 1. The number of carbonyl (C=O) groups is 1. The Hall–Kier alpha value is -1.38. The lowest BCUT2D eigenvalue weighted by molar-refractivity contribution is -0.679. The fourth-order valence-electron chi connectivity index (χ4n) is 1.19. The van der Waals surface area contributed by atoms with Crippen molar-refractivity contribution in [3.8, 4) is 0 Å². The van der Waals surface area contributed by atoms with Gasteiger partial charge in [-0.25, -0.2) is 4.57 Å². The summed E-state index contributed by atoms with van der Waals surface area (Å²) in [7, 11) is 1.85. The van der Waals surface area contributed by atoms with Crippen molar-refractivity contribution in [2.24, 2.45) is 7.05 Å². The Morgan fingerprint density at radius 2 is 2.33 bits per heavy atom.